The van der Waals surface area contributed by atoms with Crippen LogP contribution in [-0.4, -0.2) is 20.4 Å². The van der Waals surface area contributed by atoms with Crippen molar-refractivity contribution >= 4 is 16.7 Å². The molecule has 6 heteroatoms. The number of nitrogens with zero attached hydrogens (tertiary/aromatic N) is 3. The number of rotatable bonds is 3. The molecule has 0 fully saturated rings. The molecular weight excluding hydrogens is 278 g/mol. The fourth-order valence-electron chi connectivity index (χ4n) is 2.38. The van der Waals surface area contributed by atoms with Crippen molar-refractivity contribution in [3.8, 4) is 11.5 Å². The molecule has 0 aliphatic carbocycles. The lowest BCUT2D eigenvalue weighted by molar-refractivity contribution is 0.518. The molecule has 3 N–H and O–H groups in total. The van der Waals surface area contributed by atoms with E-state index in [1.165, 1.54) is 0 Å². The Labute approximate surface area is 126 Å². The molecule has 0 atom stereocenters. The summed E-state index contributed by atoms with van der Waals surface area (Å²) >= 11 is 0. The number of nitrogen functional groups attached to an aromatic ring is 1. The number of nitrogens with two attached hydrogens (primary N) is 1. The maximum Gasteiger partial charge on any atom is 0.247 e. The van der Waals surface area contributed by atoms with Gasteiger partial charge in [0.1, 0.15) is 0 Å². The number of fused-ring (bicyclic) bond motifs is 1. The molecule has 22 heavy (non-hydrogen) atoms. The van der Waals surface area contributed by atoms with E-state index in [-0.39, 0.29) is 0 Å². The number of H-pyrrole nitrogens is 1. The van der Waals surface area contributed by atoms with Gasteiger partial charge in [-0.25, -0.2) is 0 Å². The van der Waals surface area contributed by atoms with Crippen LogP contribution in [0, 0.1) is 0 Å². The van der Waals surface area contributed by atoms with Crippen LogP contribution in [0.4, 0.5) is 5.82 Å². The molecule has 2 heterocycles. The Balaban J connectivity index is 1.66. The van der Waals surface area contributed by atoms with Crippen LogP contribution in [0.2, 0.25) is 0 Å². The van der Waals surface area contributed by atoms with E-state index in [1.807, 2.05) is 48.5 Å². The van der Waals surface area contributed by atoms with Gasteiger partial charge >= 0.3 is 0 Å². The predicted octanol–water partition coefficient (Wildman–Crippen LogP) is 2.79. The predicted molar refractivity (Wildman–Crippen MR) is 83.0 cm³/mol. The summed E-state index contributed by atoms with van der Waals surface area (Å²) in [5.41, 5.74) is 8.66. The molecule has 0 aliphatic heterocycles. The highest BCUT2D eigenvalue weighted by molar-refractivity contribution is 5.91. The Morgan fingerprint density at radius 2 is 1.91 bits per heavy atom. The summed E-state index contributed by atoms with van der Waals surface area (Å²) in [5, 5.41) is 15.9. The van der Waals surface area contributed by atoms with E-state index < -0.39 is 0 Å². The van der Waals surface area contributed by atoms with Crippen LogP contribution in [0.3, 0.4) is 0 Å². The lowest BCUT2D eigenvalue weighted by Crippen LogP contribution is -1.87. The summed E-state index contributed by atoms with van der Waals surface area (Å²) < 4.78 is 5.75. The van der Waals surface area contributed by atoms with Gasteiger partial charge in [-0.2, -0.15) is 5.10 Å². The minimum atomic E-state index is 0.459. The third kappa shape index (κ3) is 2.20. The molecular formula is C16H13N5O. The monoisotopic (exact) mass is 291 g/mol. The van der Waals surface area contributed by atoms with E-state index in [9.17, 15) is 0 Å². The molecule has 0 bridgehead atoms. The Hall–Kier alpha value is -3.15. The quantitative estimate of drug-likeness (QED) is 0.605. The zero-order valence-electron chi connectivity index (χ0n) is 11.7. The largest absolute Gasteiger partial charge is 0.420 e. The average Bonchev–Trinajstić information content (AvgIpc) is 3.16. The first kappa shape index (κ1) is 12.6. The second kappa shape index (κ2) is 5.00. The van der Waals surface area contributed by atoms with Gasteiger partial charge in [0.2, 0.25) is 11.8 Å². The van der Waals surface area contributed by atoms with Gasteiger partial charge in [-0.05, 0) is 23.8 Å². The van der Waals surface area contributed by atoms with E-state index in [1.54, 1.807) is 0 Å². The third-order valence-corrected chi connectivity index (χ3v) is 3.50. The van der Waals surface area contributed by atoms with Gasteiger partial charge in [-0.3, -0.25) is 5.10 Å². The molecule has 108 valence electrons. The van der Waals surface area contributed by atoms with Gasteiger partial charge in [0, 0.05) is 10.9 Å². The highest BCUT2D eigenvalue weighted by atomic mass is 16.4. The van der Waals surface area contributed by atoms with Gasteiger partial charge in [0.05, 0.1) is 11.9 Å². The zero-order chi connectivity index (χ0) is 14.9. The van der Waals surface area contributed by atoms with Crippen LogP contribution in [0.5, 0.6) is 0 Å². The number of anilines is 1. The highest BCUT2D eigenvalue weighted by Gasteiger charge is 2.11. The molecule has 4 aromatic rings. The van der Waals surface area contributed by atoms with Gasteiger partial charge in [0.25, 0.3) is 0 Å². The van der Waals surface area contributed by atoms with Gasteiger partial charge in [-0.1, -0.05) is 30.3 Å². The Morgan fingerprint density at radius 1 is 1.05 bits per heavy atom. The van der Waals surface area contributed by atoms with Crippen LogP contribution in [0.25, 0.3) is 22.4 Å². The second-order valence-electron chi connectivity index (χ2n) is 5.03. The first-order valence-electron chi connectivity index (χ1n) is 6.90. The maximum atomic E-state index is 5.82. The van der Waals surface area contributed by atoms with E-state index >= 15 is 0 Å². The SMILES string of the molecule is Nc1n[nH]c2ccc(-c3nnc(Cc4ccccc4)o3)cc12. The number of hydrogen-bond donors (Lipinski definition) is 2. The number of aromatic nitrogens is 4. The van der Waals surface area contributed by atoms with Crippen LogP contribution < -0.4 is 5.73 Å². The normalized spacial score (nSPS) is 11.1. The molecule has 0 spiro atoms. The van der Waals surface area contributed by atoms with Gasteiger partial charge in [-0.15, -0.1) is 10.2 Å². The maximum absolute atomic E-state index is 5.82. The molecule has 0 aliphatic rings. The summed E-state index contributed by atoms with van der Waals surface area (Å²) in [7, 11) is 0. The van der Waals surface area contributed by atoms with Gasteiger partial charge in [0.15, 0.2) is 5.82 Å². The minimum Gasteiger partial charge on any atom is -0.420 e. The van der Waals surface area contributed by atoms with E-state index in [2.05, 4.69) is 20.4 Å². The van der Waals surface area contributed by atoms with E-state index in [0.717, 1.165) is 22.0 Å². The van der Waals surface area contributed by atoms with Crippen LogP contribution in [0.1, 0.15) is 11.5 Å². The Bertz CT molecular complexity index is 926. The molecule has 0 saturated heterocycles. The number of aromatic amines is 1. The molecule has 2 aromatic heterocycles. The zero-order valence-corrected chi connectivity index (χ0v) is 11.7. The van der Waals surface area contributed by atoms with Crippen LogP contribution in [-0.2, 0) is 6.42 Å². The van der Waals surface area contributed by atoms with Gasteiger partial charge < -0.3 is 10.2 Å². The molecule has 0 unspecified atom stereocenters. The Morgan fingerprint density at radius 3 is 2.77 bits per heavy atom. The lowest BCUT2D eigenvalue weighted by Gasteiger charge is -1.97. The average molecular weight is 291 g/mol. The highest BCUT2D eigenvalue weighted by Crippen LogP contribution is 2.25. The fraction of sp³-hybridized carbons (Fsp3) is 0.0625. The molecule has 0 radical (unpaired) electrons. The number of nitrogens with one attached hydrogen (secondary N) is 1. The van der Waals surface area contributed by atoms with Crippen molar-refractivity contribution in [1.82, 2.24) is 20.4 Å². The molecule has 0 amide bonds. The van der Waals surface area contributed by atoms with Crippen molar-refractivity contribution in [2.45, 2.75) is 6.42 Å². The summed E-state index contributed by atoms with van der Waals surface area (Å²) in [4.78, 5) is 0. The summed E-state index contributed by atoms with van der Waals surface area (Å²) in [6, 6.07) is 15.7. The number of hydrogen-bond acceptors (Lipinski definition) is 5. The van der Waals surface area contributed by atoms with Crippen molar-refractivity contribution in [3.63, 3.8) is 0 Å². The summed E-state index contributed by atoms with van der Waals surface area (Å²) in [6.07, 6.45) is 0.615. The summed E-state index contributed by atoms with van der Waals surface area (Å²) in [5.74, 6) is 1.52. The summed E-state index contributed by atoms with van der Waals surface area (Å²) in [6.45, 7) is 0. The molecule has 0 saturated carbocycles. The standard InChI is InChI=1S/C16H13N5O/c17-15-12-9-11(6-7-13(12)18-20-15)16-21-19-14(22-16)8-10-4-2-1-3-5-10/h1-7,9H,8H2,(H3,17,18,20). The van der Waals surface area contributed by atoms with Crippen LogP contribution in [0.15, 0.2) is 52.9 Å². The molecule has 4 rings (SSSR count). The minimum absolute atomic E-state index is 0.459. The third-order valence-electron chi connectivity index (χ3n) is 3.50. The second-order valence-corrected chi connectivity index (χ2v) is 5.03. The van der Waals surface area contributed by atoms with Crippen molar-refractivity contribution in [2.24, 2.45) is 0 Å². The van der Waals surface area contributed by atoms with E-state index in [4.69, 9.17) is 10.2 Å². The smallest absolute Gasteiger partial charge is 0.247 e. The van der Waals surface area contributed by atoms with Crippen molar-refractivity contribution in [3.05, 3.63) is 60.0 Å². The molecule has 2 aromatic carbocycles. The topological polar surface area (TPSA) is 93.6 Å². The first-order chi connectivity index (χ1) is 10.8. The van der Waals surface area contributed by atoms with Crippen LogP contribution >= 0.6 is 0 Å². The lowest BCUT2D eigenvalue weighted by atomic mass is 10.1. The number of benzene rings is 2. The molecule has 6 nitrogen and oxygen atoms in total. The Kier molecular flexibility index (Phi) is 2.86. The van der Waals surface area contributed by atoms with Crippen molar-refractivity contribution in [1.29, 1.82) is 0 Å². The van der Waals surface area contributed by atoms with Crippen molar-refractivity contribution < 1.29 is 4.42 Å². The van der Waals surface area contributed by atoms with E-state index in [0.29, 0.717) is 24.0 Å². The fourth-order valence-corrected chi connectivity index (χ4v) is 2.38. The van der Waals surface area contributed by atoms with Crippen molar-refractivity contribution in [2.75, 3.05) is 5.73 Å². The first-order valence-corrected chi connectivity index (χ1v) is 6.90.